The molecule has 74 valence electrons. The summed E-state index contributed by atoms with van der Waals surface area (Å²) in [4.78, 5) is 9.25. The van der Waals surface area contributed by atoms with Gasteiger partial charge in [0, 0.05) is 11.8 Å². The number of hydrogen-bond donors (Lipinski definition) is 1. The first-order chi connectivity index (χ1) is 7.33. The SMILES string of the molecule is Nc1ccc2nc(-c3cncs3)oc2c1. The Kier molecular flexibility index (Phi) is 1.72. The van der Waals surface area contributed by atoms with Gasteiger partial charge < -0.3 is 10.2 Å². The molecule has 0 aliphatic carbocycles. The van der Waals surface area contributed by atoms with E-state index in [0.717, 1.165) is 10.4 Å². The molecule has 0 amide bonds. The molecule has 3 rings (SSSR count). The third-order valence-corrected chi connectivity index (χ3v) is 2.82. The second-order valence-electron chi connectivity index (χ2n) is 3.11. The minimum atomic E-state index is 0.595. The molecule has 0 aliphatic rings. The van der Waals surface area contributed by atoms with Crippen LogP contribution in [0.4, 0.5) is 5.69 Å². The Balaban J connectivity index is 2.22. The van der Waals surface area contributed by atoms with Crippen LogP contribution >= 0.6 is 11.3 Å². The van der Waals surface area contributed by atoms with E-state index in [1.54, 1.807) is 23.8 Å². The molecule has 2 N–H and O–H groups in total. The second kappa shape index (κ2) is 3.06. The Hall–Kier alpha value is -1.88. The molecule has 0 fully saturated rings. The highest BCUT2D eigenvalue weighted by Crippen LogP contribution is 2.27. The molecule has 4 nitrogen and oxygen atoms in total. The highest BCUT2D eigenvalue weighted by molar-refractivity contribution is 7.13. The first-order valence-electron chi connectivity index (χ1n) is 4.38. The van der Waals surface area contributed by atoms with Gasteiger partial charge in [-0.2, -0.15) is 0 Å². The lowest BCUT2D eigenvalue weighted by Crippen LogP contribution is -1.81. The molecule has 0 bridgehead atoms. The van der Waals surface area contributed by atoms with E-state index in [0.29, 0.717) is 17.2 Å². The maximum atomic E-state index is 5.65. The van der Waals surface area contributed by atoms with Crippen LogP contribution in [0.25, 0.3) is 21.9 Å². The zero-order valence-electron chi connectivity index (χ0n) is 7.68. The van der Waals surface area contributed by atoms with Gasteiger partial charge in [-0.15, -0.1) is 11.3 Å². The molecule has 2 heterocycles. The lowest BCUT2D eigenvalue weighted by atomic mass is 10.3. The van der Waals surface area contributed by atoms with Crippen molar-refractivity contribution < 1.29 is 4.42 Å². The van der Waals surface area contributed by atoms with Crippen molar-refractivity contribution >= 4 is 28.1 Å². The molecular formula is C10H7N3OS. The number of thiazole rings is 1. The van der Waals surface area contributed by atoms with Gasteiger partial charge in [0.15, 0.2) is 5.58 Å². The van der Waals surface area contributed by atoms with Crippen molar-refractivity contribution in [3.63, 3.8) is 0 Å². The largest absolute Gasteiger partial charge is 0.435 e. The molecule has 0 radical (unpaired) electrons. The number of oxazole rings is 1. The maximum Gasteiger partial charge on any atom is 0.239 e. The number of nitrogens with two attached hydrogens (primary N) is 1. The summed E-state index contributed by atoms with van der Waals surface area (Å²) in [5.74, 6) is 0.595. The normalized spacial score (nSPS) is 10.9. The molecule has 0 atom stereocenters. The Labute approximate surface area is 89.4 Å². The number of aromatic nitrogens is 2. The summed E-state index contributed by atoms with van der Waals surface area (Å²) in [6.07, 6.45) is 1.73. The van der Waals surface area contributed by atoms with Crippen molar-refractivity contribution in [1.82, 2.24) is 9.97 Å². The van der Waals surface area contributed by atoms with Gasteiger partial charge in [-0.25, -0.2) is 4.98 Å². The summed E-state index contributed by atoms with van der Waals surface area (Å²) in [6, 6.07) is 5.42. The number of nitrogens with zero attached hydrogens (tertiary/aromatic N) is 2. The smallest absolute Gasteiger partial charge is 0.239 e. The predicted octanol–water partition coefficient (Wildman–Crippen LogP) is 2.53. The van der Waals surface area contributed by atoms with E-state index < -0.39 is 0 Å². The molecule has 3 aromatic rings. The average molecular weight is 217 g/mol. The first kappa shape index (κ1) is 8.43. The number of anilines is 1. The number of nitrogen functional groups attached to an aromatic ring is 1. The molecule has 0 aliphatic heterocycles. The summed E-state index contributed by atoms with van der Waals surface area (Å²) in [5.41, 5.74) is 9.60. The van der Waals surface area contributed by atoms with E-state index in [4.69, 9.17) is 10.2 Å². The van der Waals surface area contributed by atoms with Gasteiger partial charge in [0.25, 0.3) is 0 Å². The van der Waals surface area contributed by atoms with Crippen molar-refractivity contribution in [2.24, 2.45) is 0 Å². The van der Waals surface area contributed by atoms with Crippen LogP contribution in [0.3, 0.4) is 0 Å². The summed E-state index contributed by atoms with van der Waals surface area (Å²) >= 11 is 1.50. The van der Waals surface area contributed by atoms with E-state index in [2.05, 4.69) is 9.97 Å². The van der Waals surface area contributed by atoms with Gasteiger partial charge in [-0.1, -0.05) is 0 Å². The predicted molar refractivity (Wildman–Crippen MR) is 59.5 cm³/mol. The highest BCUT2D eigenvalue weighted by atomic mass is 32.1. The third kappa shape index (κ3) is 1.37. The highest BCUT2D eigenvalue weighted by Gasteiger charge is 2.09. The fraction of sp³-hybridized carbons (Fsp3) is 0. The molecule has 0 spiro atoms. The maximum absolute atomic E-state index is 5.65. The molecular weight excluding hydrogens is 210 g/mol. The topological polar surface area (TPSA) is 64.9 Å². The summed E-state index contributed by atoms with van der Waals surface area (Å²) in [5, 5.41) is 0. The second-order valence-corrected chi connectivity index (χ2v) is 4.00. The van der Waals surface area contributed by atoms with E-state index in [-0.39, 0.29) is 0 Å². The van der Waals surface area contributed by atoms with Crippen LogP contribution in [-0.2, 0) is 0 Å². The number of hydrogen-bond acceptors (Lipinski definition) is 5. The number of benzene rings is 1. The van der Waals surface area contributed by atoms with Gasteiger partial charge in [-0.05, 0) is 12.1 Å². The van der Waals surface area contributed by atoms with E-state index >= 15 is 0 Å². The van der Waals surface area contributed by atoms with Crippen molar-refractivity contribution in [1.29, 1.82) is 0 Å². The van der Waals surface area contributed by atoms with Crippen LogP contribution in [0.15, 0.2) is 34.3 Å². The summed E-state index contributed by atoms with van der Waals surface area (Å²) < 4.78 is 5.57. The fourth-order valence-corrected chi connectivity index (χ4v) is 1.91. The van der Waals surface area contributed by atoms with Crippen molar-refractivity contribution in [3.05, 3.63) is 29.9 Å². The van der Waals surface area contributed by atoms with E-state index in [1.807, 2.05) is 6.07 Å². The number of fused-ring (bicyclic) bond motifs is 1. The van der Waals surface area contributed by atoms with E-state index in [9.17, 15) is 0 Å². The molecule has 2 aromatic heterocycles. The van der Waals surface area contributed by atoms with Crippen molar-refractivity contribution in [2.75, 3.05) is 5.73 Å². The summed E-state index contributed by atoms with van der Waals surface area (Å²) in [6.45, 7) is 0. The monoisotopic (exact) mass is 217 g/mol. The van der Waals surface area contributed by atoms with Crippen LogP contribution in [0, 0.1) is 0 Å². The molecule has 0 unspecified atom stereocenters. The number of rotatable bonds is 1. The Bertz CT molecular complexity index is 600. The minimum absolute atomic E-state index is 0.595. The van der Waals surface area contributed by atoms with Gasteiger partial charge >= 0.3 is 0 Å². The fourth-order valence-electron chi connectivity index (χ4n) is 1.37. The molecule has 5 heteroatoms. The van der Waals surface area contributed by atoms with Crippen LogP contribution in [0.1, 0.15) is 0 Å². The van der Waals surface area contributed by atoms with Gasteiger partial charge in [0.1, 0.15) is 10.4 Å². The van der Waals surface area contributed by atoms with Crippen molar-refractivity contribution in [3.8, 4) is 10.8 Å². The zero-order chi connectivity index (χ0) is 10.3. The van der Waals surface area contributed by atoms with Crippen LogP contribution in [0.5, 0.6) is 0 Å². The third-order valence-electron chi connectivity index (χ3n) is 2.06. The van der Waals surface area contributed by atoms with Crippen LogP contribution in [-0.4, -0.2) is 9.97 Å². The van der Waals surface area contributed by atoms with Crippen molar-refractivity contribution in [2.45, 2.75) is 0 Å². The molecule has 0 saturated carbocycles. The lowest BCUT2D eigenvalue weighted by molar-refractivity contribution is 0.621. The van der Waals surface area contributed by atoms with Gasteiger partial charge in [-0.3, -0.25) is 4.98 Å². The summed E-state index contributed by atoms with van der Waals surface area (Å²) in [7, 11) is 0. The Morgan fingerprint density at radius 3 is 3.07 bits per heavy atom. The Morgan fingerprint density at radius 1 is 1.33 bits per heavy atom. The van der Waals surface area contributed by atoms with Gasteiger partial charge in [0.2, 0.25) is 5.89 Å². The lowest BCUT2D eigenvalue weighted by Gasteiger charge is -1.88. The standard InChI is InChI=1S/C10H7N3OS/c11-6-1-2-7-8(3-6)14-10(13-7)9-4-12-5-15-9/h1-5H,11H2. The van der Waals surface area contributed by atoms with Crippen LogP contribution in [0.2, 0.25) is 0 Å². The molecule has 1 aromatic carbocycles. The van der Waals surface area contributed by atoms with Crippen LogP contribution < -0.4 is 5.73 Å². The first-order valence-corrected chi connectivity index (χ1v) is 5.26. The average Bonchev–Trinajstić information content (AvgIpc) is 2.84. The molecule has 0 saturated heterocycles. The minimum Gasteiger partial charge on any atom is -0.435 e. The molecule has 15 heavy (non-hydrogen) atoms. The van der Waals surface area contributed by atoms with E-state index in [1.165, 1.54) is 11.3 Å². The quantitative estimate of drug-likeness (QED) is 0.636. The van der Waals surface area contributed by atoms with Gasteiger partial charge in [0.05, 0.1) is 11.7 Å². The zero-order valence-corrected chi connectivity index (χ0v) is 8.49. The Morgan fingerprint density at radius 2 is 2.27 bits per heavy atom.